The van der Waals surface area contributed by atoms with Crippen LogP contribution in [0.15, 0.2) is 65.7 Å². The predicted molar refractivity (Wildman–Crippen MR) is 142 cm³/mol. The summed E-state index contributed by atoms with van der Waals surface area (Å²) in [5.74, 6) is -0.185. The lowest BCUT2D eigenvalue weighted by Crippen LogP contribution is -2.29. The van der Waals surface area contributed by atoms with Gasteiger partial charge in [0.15, 0.2) is 0 Å². The molecule has 1 aliphatic heterocycles. The van der Waals surface area contributed by atoms with Gasteiger partial charge in [-0.2, -0.15) is 5.10 Å². The first-order chi connectivity index (χ1) is 17.0. The van der Waals surface area contributed by atoms with E-state index in [0.29, 0.717) is 28.6 Å². The fourth-order valence-electron chi connectivity index (χ4n) is 3.74. The fourth-order valence-corrected chi connectivity index (χ4v) is 5.04. The van der Waals surface area contributed by atoms with Crippen molar-refractivity contribution < 1.29 is 19.4 Å². The number of benzene rings is 2. The van der Waals surface area contributed by atoms with Gasteiger partial charge in [-0.15, -0.1) is 0 Å². The van der Waals surface area contributed by atoms with Crippen LogP contribution in [0.4, 0.5) is 0 Å². The standard InChI is InChI=1S/C26H25N3O4S2/c1-33-21-13-11-18(12-14-21)24-19(17-29(27-24)20-8-4-2-5-9-20)16-22-25(32)28(26(34)35-22)15-7-3-6-10-23(30)31/h2,4-5,8-9,11-14,16-17H,3,6-7,10,15H2,1H3,(H,30,31)/b22-16-. The number of rotatable bonds is 10. The molecule has 1 fully saturated rings. The number of nitrogens with zero attached hydrogens (tertiary/aromatic N) is 3. The molecule has 0 radical (unpaired) electrons. The lowest BCUT2D eigenvalue weighted by Gasteiger charge is -2.13. The molecule has 0 bridgehead atoms. The van der Waals surface area contributed by atoms with Crippen LogP contribution in [0, 0.1) is 0 Å². The SMILES string of the molecule is COc1ccc(-c2nn(-c3ccccc3)cc2/C=C2\SC(=S)N(CCCCCC(=O)O)C2=O)cc1. The summed E-state index contributed by atoms with van der Waals surface area (Å²) in [5.41, 5.74) is 3.37. The molecule has 35 heavy (non-hydrogen) atoms. The molecule has 1 N–H and O–H groups in total. The van der Waals surface area contributed by atoms with Gasteiger partial charge >= 0.3 is 5.97 Å². The van der Waals surface area contributed by atoms with Crippen molar-refractivity contribution in [2.24, 2.45) is 0 Å². The van der Waals surface area contributed by atoms with Gasteiger partial charge in [0.1, 0.15) is 10.1 Å². The molecule has 180 valence electrons. The molecule has 0 aliphatic carbocycles. The highest BCUT2D eigenvalue weighted by Gasteiger charge is 2.32. The molecule has 1 amide bonds. The Morgan fingerprint density at radius 1 is 1.11 bits per heavy atom. The zero-order chi connectivity index (χ0) is 24.8. The molecule has 9 heteroatoms. The van der Waals surface area contributed by atoms with Crippen molar-refractivity contribution >= 4 is 46.3 Å². The number of carboxylic acid groups (broad SMARTS) is 1. The Hall–Kier alpha value is -3.43. The first kappa shape index (κ1) is 24.7. The second kappa shape index (κ2) is 11.3. The van der Waals surface area contributed by atoms with Crippen molar-refractivity contribution in [3.8, 4) is 22.7 Å². The van der Waals surface area contributed by atoms with E-state index in [-0.39, 0.29) is 12.3 Å². The monoisotopic (exact) mass is 507 g/mol. The third kappa shape index (κ3) is 5.98. The number of thioether (sulfide) groups is 1. The average molecular weight is 508 g/mol. The van der Waals surface area contributed by atoms with Crippen molar-refractivity contribution in [1.82, 2.24) is 14.7 Å². The number of carbonyl (C=O) groups excluding carboxylic acids is 1. The van der Waals surface area contributed by atoms with Crippen LogP contribution in [0.25, 0.3) is 23.0 Å². The maximum absolute atomic E-state index is 13.1. The lowest BCUT2D eigenvalue weighted by molar-refractivity contribution is -0.137. The quantitative estimate of drug-likeness (QED) is 0.224. The van der Waals surface area contributed by atoms with Crippen molar-refractivity contribution in [3.63, 3.8) is 0 Å². The number of aromatic nitrogens is 2. The second-order valence-electron chi connectivity index (χ2n) is 7.98. The molecule has 0 unspecified atom stereocenters. The number of thiocarbonyl (C=S) groups is 1. The van der Waals surface area contributed by atoms with Crippen LogP contribution in [0.1, 0.15) is 31.2 Å². The largest absolute Gasteiger partial charge is 0.497 e. The van der Waals surface area contributed by atoms with Crippen LogP contribution >= 0.6 is 24.0 Å². The number of carboxylic acids is 1. The van der Waals surface area contributed by atoms with Crippen LogP contribution in [0.3, 0.4) is 0 Å². The van der Waals surface area contributed by atoms with Gasteiger partial charge in [-0.25, -0.2) is 4.68 Å². The van der Waals surface area contributed by atoms with Crippen LogP contribution in [0.5, 0.6) is 5.75 Å². The summed E-state index contributed by atoms with van der Waals surface area (Å²) in [6.45, 7) is 0.482. The highest BCUT2D eigenvalue weighted by Crippen LogP contribution is 2.35. The summed E-state index contributed by atoms with van der Waals surface area (Å²) in [6.07, 6.45) is 5.91. The number of ether oxygens (including phenoxy) is 1. The van der Waals surface area contributed by atoms with Crippen LogP contribution in [-0.4, -0.2) is 49.6 Å². The molecule has 2 heterocycles. The Morgan fingerprint density at radius 2 is 1.86 bits per heavy atom. The van der Waals surface area contributed by atoms with Gasteiger partial charge in [0.25, 0.3) is 5.91 Å². The van der Waals surface area contributed by atoms with E-state index in [2.05, 4.69) is 0 Å². The van der Waals surface area contributed by atoms with Gasteiger partial charge in [-0.1, -0.05) is 48.6 Å². The summed E-state index contributed by atoms with van der Waals surface area (Å²) in [6, 6.07) is 17.4. The van der Waals surface area contributed by atoms with Gasteiger partial charge in [-0.05, 0) is 55.3 Å². The van der Waals surface area contributed by atoms with E-state index in [1.165, 1.54) is 11.8 Å². The maximum atomic E-state index is 13.1. The van der Waals surface area contributed by atoms with Crippen LogP contribution in [-0.2, 0) is 9.59 Å². The van der Waals surface area contributed by atoms with Gasteiger partial charge in [-0.3, -0.25) is 14.5 Å². The van der Waals surface area contributed by atoms with E-state index < -0.39 is 5.97 Å². The Bertz CT molecular complexity index is 1250. The number of para-hydroxylation sites is 1. The van der Waals surface area contributed by atoms with Crippen LogP contribution in [0.2, 0.25) is 0 Å². The van der Waals surface area contributed by atoms with E-state index in [0.717, 1.165) is 34.7 Å². The molecule has 0 saturated carbocycles. The molecule has 1 saturated heterocycles. The van der Waals surface area contributed by atoms with E-state index in [4.69, 9.17) is 27.2 Å². The minimum absolute atomic E-state index is 0.133. The number of carbonyl (C=O) groups is 2. The minimum atomic E-state index is -0.803. The van der Waals surface area contributed by atoms with Crippen LogP contribution < -0.4 is 4.74 Å². The first-order valence-electron chi connectivity index (χ1n) is 11.2. The van der Waals surface area contributed by atoms with Gasteiger partial charge in [0.05, 0.1) is 23.4 Å². The third-order valence-electron chi connectivity index (χ3n) is 5.56. The van der Waals surface area contributed by atoms with Crippen molar-refractivity contribution in [2.45, 2.75) is 25.7 Å². The minimum Gasteiger partial charge on any atom is -0.497 e. The normalized spacial score (nSPS) is 14.7. The summed E-state index contributed by atoms with van der Waals surface area (Å²) >= 11 is 6.74. The smallest absolute Gasteiger partial charge is 0.303 e. The molecular formula is C26H25N3O4S2. The summed E-state index contributed by atoms with van der Waals surface area (Å²) in [5, 5.41) is 13.6. The summed E-state index contributed by atoms with van der Waals surface area (Å²) in [4.78, 5) is 25.9. The highest BCUT2D eigenvalue weighted by molar-refractivity contribution is 8.26. The zero-order valence-electron chi connectivity index (χ0n) is 19.2. The maximum Gasteiger partial charge on any atom is 0.303 e. The molecule has 7 nitrogen and oxygen atoms in total. The number of hydrogen-bond donors (Lipinski definition) is 1. The fraction of sp³-hybridized carbons (Fsp3) is 0.231. The number of amides is 1. The molecule has 0 atom stereocenters. The zero-order valence-corrected chi connectivity index (χ0v) is 20.8. The summed E-state index contributed by atoms with van der Waals surface area (Å²) < 4.78 is 7.59. The Labute approximate surface area is 213 Å². The van der Waals surface area contributed by atoms with E-state index >= 15 is 0 Å². The molecule has 3 aromatic rings. The number of unbranched alkanes of at least 4 members (excludes halogenated alkanes) is 2. The van der Waals surface area contributed by atoms with Gasteiger partial charge in [0.2, 0.25) is 0 Å². The second-order valence-corrected chi connectivity index (χ2v) is 9.66. The number of methoxy groups -OCH3 is 1. The topological polar surface area (TPSA) is 84.7 Å². The number of aliphatic carboxylic acids is 1. The Balaban J connectivity index is 1.60. The van der Waals surface area contributed by atoms with Crippen molar-refractivity contribution in [1.29, 1.82) is 0 Å². The first-order valence-corrected chi connectivity index (χ1v) is 12.5. The highest BCUT2D eigenvalue weighted by atomic mass is 32.2. The van der Waals surface area contributed by atoms with E-state index in [9.17, 15) is 9.59 Å². The van der Waals surface area contributed by atoms with Gasteiger partial charge < -0.3 is 9.84 Å². The summed E-state index contributed by atoms with van der Waals surface area (Å²) in [7, 11) is 1.62. The molecule has 1 aliphatic rings. The van der Waals surface area contributed by atoms with E-state index in [1.54, 1.807) is 16.7 Å². The molecule has 0 spiro atoms. The third-order valence-corrected chi connectivity index (χ3v) is 6.94. The van der Waals surface area contributed by atoms with Gasteiger partial charge in [0, 0.05) is 30.3 Å². The predicted octanol–water partition coefficient (Wildman–Crippen LogP) is 5.39. The lowest BCUT2D eigenvalue weighted by atomic mass is 10.1. The molecule has 1 aromatic heterocycles. The van der Waals surface area contributed by atoms with E-state index in [1.807, 2.05) is 66.9 Å². The Morgan fingerprint density at radius 3 is 2.54 bits per heavy atom. The molecule has 4 rings (SSSR count). The Kier molecular flexibility index (Phi) is 7.99. The molecular weight excluding hydrogens is 482 g/mol. The average Bonchev–Trinajstić information content (AvgIpc) is 3.40. The number of hydrogen-bond acceptors (Lipinski definition) is 6. The van der Waals surface area contributed by atoms with Crippen molar-refractivity contribution in [2.75, 3.05) is 13.7 Å². The van der Waals surface area contributed by atoms with Crippen molar-refractivity contribution in [3.05, 3.63) is 71.3 Å². The molecule has 2 aromatic carbocycles.